The molecule has 0 aliphatic heterocycles. The largest absolute Gasteiger partial charge is 0.256 e. The van der Waals surface area contributed by atoms with Crippen LogP contribution in [0.5, 0.6) is 0 Å². The van der Waals surface area contributed by atoms with Gasteiger partial charge in [0, 0.05) is 9.78 Å². The van der Waals surface area contributed by atoms with Crippen LogP contribution < -0.4 is 0 Å². The molecule has 0 saturated heterocycles. The highest BCUT2D eigenvalue weighted by molar-refractivity contribution is 14.1. The summed E-state index contributed by atoms with van der Waals surface area (Å²) in [4.78, 5) is 4.07. The van der Waals surface area contributed by atoms with E-state index in [0.717, 1.165) is 9.27 Å². The van der Waals surface area contributed by atoms with Crippen LogP contribution in [-0.4, -0.2) is 4.98 Å². The Hall–Kier alpha value is -0.380. The van der Waals surface area contributed by atoms with Crippen molar-refractivity contribution >= 4 is 26.2 Å². The quantitative estimate of drug-likeness (QED) is 0.676. The third-order valence-corrected chi connectivity index (χ3v) is 1.50. The zero-order valence-electron chi connectivity index (χ0n) is 4.84. The number of pyridine rings is 1. The van der Waals surface area contributed by atoms with Crippen molar-refractivity contribution in [3.05, 3.63) is 36.7 Å². The molecule has 1 rings (SSSR count). The Morgan fingerprint density at radius 3 is 2.67 bits per heavy atom. The maximum Gasteiger partial charge on any atom is 0.0756 e. The lowest BCUT2D eigenvalue weighted by Crippen LogP contribution is -1.77. The van der Waals surface area contributed by atoms with E-state index >= 15 is 0 Å². The van der Waals surface area contributed by atoms with Gasteiger partial charge in [0.05, 0.1) is 5.69 Å². The first-order chi connectivity index (χ1) is 4.30. The second kappa shape index (κ2) is 2.96. The van der Waals surface area contributed by atoms with Crippen molar-refractivity contribution in [2.24, 2.45) is 0 Å². The van der Waals surface area contributed by atoms with E-state index in [4.69, 9.17) is 0 Å². The maximum absolute atomic E-state index is 4.07. The predicted octanol–water partition coefficient (Wildman–Crippen LogP) is 2.49. The fourth-order valence-electron chi connectivity index (χ4n) is 0.523. The second-order valence-corrected chi connectivity index (χ2v) is 2.92. The van der Waals surface area contributed by atoms with E-state index < -0.39 is 0 Å². The van der Waals surface area contributed by atoms with E-state index in [1.165, 1.54) is 0 Å². The summed E-state index contributed by atoms with van der Waals surface area (Å²) in [6.07, 6.45) is 1.76. The van der Waals surface area contributed by atoms with Crippen molar-refractivity contribution in [1.82, 2.24) is 4.98 Å². The van der Waals surface area contributed by atoms with Crippen molar-refractivity contribution in [2.45, 2.75) is 0 Å². The number of hydrogen-bond acceptors (Lipinski definition) is 1. The predicted molar refractivity (Wildman–Crippen MR) is 47.3 cm³/mol. The second-order valence-electron chi connectivity index (χ2n) is 1.62. The van der Waals surface area contributed by atoms with Gasteiger partial charge in [-0.05, 0) is 34.7 Å². The summed E-state index contributed by atoms with van der Waals surface area (Å²) in [5.74, 6) is 0. The molecule has 0 saturated carbocycles. The van der Waals surface area contributed by atoms with Crippen LogP contribution in [-0.2, 0) is 0 Å². The third-order valence-electron chi connectivity index (χ3n) is 0.943. The summed E-state index contributed by atoms with van der Waals surface area (Å²) >= 11 is 2.15. The lowest BCUT2D eigenvalue weighted by Gasteiger charge is -1.91. The molecule has 0 fully saturated rings. The molecule has 1 aromatic rings. The number of rotatable bonds is 1. The molecule has 1 nitrogen and oxygen atoms in total. The minimum atomic E-state index is 0.957. The van der Waals surface area contributed by atoms with E-state index in [9.17, 15) is 0 Å². The van der Waals surface area contributed by atoms with Crippen LogP contribution in [0.15, 0.2) is 31.0 Å². The average Bonchev–Trinajstić information content (AvgIpc) is 1.90. The first kappa shape index (κ1) is 6.74. The fourth-order valence-corrected chi connectivity index (χ4v) is 0.842. The first-order valence-corrected chi connectivity index (χ1v) is 3.64. The normalized spacial score (nSPS) is 9.00. The molecular formula is C7H6IN. The van der Waals surface area contributed by atoms with Crippen molar-refractivity contribution in [3.8, 4) is 0 Å². The van der Waals surface area contributed by atoms with Crippen LogP contribution >= 0.6 is 22.6 Å². The molecule has 9 heavy (non-hydrogen) atoms. The molecule has 1 aromatic heterocycles. The van der Waals surface area contributed by atoms with Gasteiger partial charge in [0.1, 0.15) is 0 Å². The summed E-state index contributed by atoms with van der Waals surface area (Å²) in [6, 6.07) is 5.78. The van der Waals surface area contributed by atoms with Gasteiger partial charge >= 0.3 is 0 Å². The summed E-state index contributed by atoms with van der Waals surface area (Å²) < 4.78 is 0.980. The number of nitrogens with zero attached hydrogens (tertiary/aromatic N) is 1. The summed E-state index contributed by atoms with van der Waals surface area (Å²) in [5.41, 5.74) is 0.957. The zero-order valence-corrected chi connectivity index (χ0v) is 7.00. The van der Waals surface area contributed by atoms with Gasteiger partial charge in [-0.2, -0.15) is 0 Å². The van der Waals surface area contributed by atoms with Crippen LogP contribution in [0, 0.1) is 0 Å². The fraction of sp³-hybridized carbons (Fsp3) is 0. The molecule has 0 aromatic carbocycles. The van der Waals surface area contributed by atoms with Gasteiger partial charge in [0.25, 0.3) is 0 Å². The number of hydrogen-bond donors (Lipinski definition) is 0. The summed E-state index contributed by atoms with van der Waals surface area (Å²) in [7, 11) is 0. The number of aromatic nitrogens is 1. The molecule has 46 valence electrons. The van der Waals surface area contributed by atoms with Crippen molar-refractivity contribution in [3.63, 3.8) is 0 Å². The van der Waals surface area contributed by atoms with Gasteiger partial charge in [-0.25, -0.2) is 0 Å². The Kier molecular flexibility index (Phi) is 2.22. The Morgan fingerprint density at radius 2 is 2.33 bits per heavy atom. The Labute approximate surface area is 68.0 Å². The van der Waals surface area contributed by atoms with Crippen LogP contribution in [0.2, 0.25) is 0 Å². The van der Waals surface area contributed by atoms with Crippen molar-refractivity contribution < 1.29 is 0 Å². The standard InChI is InChI=1S/C7H6IN/c1-6(8)7-4-2-3-5-9-7/h2-5H,1H2. The van der Waals surface area contributed by atoms with Crippen molar-refractivity contribution in [2.75, 3.05) is 0 Å². The number of halogens is 1. The average molecular weight is 231 g/mol. The molecule has 0 atom stereocenters. The van der Waals surface area contributed by atoms with Crippen LogP contribution in [0.3, 0.4) is 0 Å². The molecule has 0 aliphatic rings. The molecule has 2 heteroatoms. The molecule has 0 amide bonds. The highest BCUT2D eigenvalue weighted by atomic mass is 127. The Morgan fingerprint density at radius 1 is 1.56 bits per heavy atom. The minimum Gasteiger partial charge on any atom is -0.256 e. The molecule has 0 N–H and O–H groups in total. The summed E-state index contributed by atoms with van der Waals surface area (Å²) in [6.45, 7) is 3.75. The summed E-state index contributed by atoms with van der Waals surface area (Å²) in [5, 5.41) is 0. The highest BCUT2D eigenvalue weighted by Gasteiger charge is 1.90. The van der Waals surface area contributed by atoms with Crippen LogP contribution in [0.4, 0.5) is 0 Å². The lowest BCUT2D eigenvalue weighted by molar-refractivity contribution is 1.30. The van der Waals surface area contributed by atoms with E-state index in [2.05, 4.69) is 34.2 Å². The molecular weight excluding hydrogens is 225 g/mol. The van der Waals surface area contributed by atoms with Crippen LogP contribution in [0.1, 0.15) is 5.69 Å². The smallest absolute Gasteiger partial charge is 0.0756 e. The van der Waals surface area contributed by atoms with E-state index in [-0.39, 0.29) is 0 Å². The maximum atomic E-state index is 4.07. The van der Waals surface area contributed by atoms with Gasteiger partial charge in [-0.3, -0.25) is 4.98 Å². The molecule has 0 unspecified atom stereocenters. The van der Waals surface area contributed by atoms with E-state index in [1.807, 2.05) is 18.2 Å². The minimum absolute atomic E-state index is 0.957. The zero-order chi connectivity index (χ0) is 6.69. The Balaban J connectivity index is 2.98. The molecule has 0 spiro atoms. The molecule has 0 radical (unpaired) electrons. The monoisotopic (exact) mass is 231 g/mol. The highest BCUT2D eigenvalue weighted by Crippen LogP contribution is 2.14. The van der Waals surface area contributed by atoms with Crippen LogP contribution in [0.25, 0.3) is 3.58 Å². The topological polar surface area (TPSA) is 12.9 Å². The lowest BCUT2D eigenvalue weighted by atomic mass is 10.3. The molecule has 1 heterocycles. The third kappa shape index (κ3) is 1.78. The van der Waals surface area contributed by atoms with Gasteiger partial charge < -0.3 is 0 Å². The van der Waals surface area contributed by atoms with Crippen molar-refractivity contribution in [1.29, 1.82) is 0 Å². The van der Waals surface area contributed by atoms with E-state index in [0.29, 0.717) is 0 Å². The Bertz CT molecular complexity index is 205. The molecule has 0 bridgehead atoms. The van der Waals surface area contributed by atoms with Gasteiger partial charge in [-0.1, -0.05) is 12.6 Å². The van der Waals surface area contributed by atoms with Gasteiger partial charge in [0.15, 0.2) is 0 Å². The van der Waals surface area contributed by atoms with E-state index in [1.54, 1.807) is 6.20 Å². The SMILES string of the molecule is C=C(I)c1ccccn1. The molecule has 0 aliphatic carbocycles. The first-order valence-electron chi connectivity index (χ1n) is 2.56. The van der Waals surface area contributed by atoms with Gasteiger partial charge in [0.2, 0.25) is 0 Å². The van der Waals surface area contributed by atoms with Gasteiger partial charge in [-0.15, -0.1) is 0 Å².